The summed E-state index contributed by atoms with van der Waals surface area (Å²) in [5.41, 5.74) is -0.119. The first-order valence-corrected chi connectivity index (χ1v) is 5.37. The maximum absolute atomic E-state index is 10.5. The first-order valence-electron chi connectivity index (χ1n) is 4.57. The largest absolute Gasteiger partial charge is 0.381 e. The number of ether oxygens (including phenoxy) is 1. The average molecular weight is 261 g/mol. The van der Waals surface area contributed by atoms with Crippen molar-refractivity contribution in [1.82, 2.24) is 9.78 Å². The van der Waals surface area contributed by atoms with E-state index in [0.29, 0.717) is 13.0 Å². The normalized spacial score (nSPS) is 32.4. The van der Waals surface area contributed by atoms with Crippen molar-refractivity contribution in [3.05, 3.63) is 16.4 Å². The zero-order valence-corrected chi connectivity index (χ0v) is 9.78. The van der Waals surface area contributed by atoms with E-state index in [4.69, 9.17) is 4.74 Å². The van der Waals surface area contributed by atoms with Crippen LogP contribution in [0, 0.1) is 0 Å². The molecule has 1 aromatic heterocycles. The SMILES string of the molecule is CC1OCCC1(O)c1c(Br)cnn1C. The van der Waals surface area contributed by atoms with Crippen molar-refractivity contribution in [3.63, 3.8) is 0 Å². The van der Waals surface area contributed by atoms with Gasteiger partial charge in [0, 0.05) is 13.5 Å². The molecule has 1 N–H and O–H groups in total. The lowest BCUT2D eigenvalue weighted by Crippen LogP contribution is -2.35. The van der Waals surface area contributed by atoms with Gasteiger partial charge >= 0.3 is 0 Å². The summed E-state index contributed by atoms with van der Waals surface area (Å²) < 4.78 is 7.91. The molecular formula is C9H13BrN2O2. The van der Waals surface area contributed by atoms with Crippen molar-refractivity contribution in [3.8, 4) is 0 Å². The van der Waals surface area contributed by atoms with Crippen LogP contribution in [0.3, 0.4) is 0 Å². The highest BCUT2D eigenvalue weighted by Crippen LogP contribution is 2.38. The van der Waals surface area contributed by atoms with Crippen LogP contribution in [-0.4, -0.2) is 27.6 Å². The Morgan fingerprint density at radius 3 is 2.93 bits per heavy atom. The van der Waals surface area contributed by atoms with E-state index in [1.165, 1.54) is 0 Å². The van der Waals surface area contributed by atoms with Gasteiger partial charge in [0.25, 0.3) is 0 Å². The minimum Gasteiger partial charge on any atom is -0.381 e. The summed E-state index contributed by atoms with van der Waals surface area (Å²) in [4.78, 5) is 0. The van der Waals surface area contributed by atoms with Crippen molar-refractivity contribution in [2.24, 2.45) is 7.05 Å². The summed E-state index contributed by atoms with van der Waals surface area (Å²) in [6.45, 7) is 2.47. The Hall–Kier alpha value is -0.390. The Kier molecular flexibility index (Phi) is 2.41. The van der Waals surface area contributed by atoms with Gasteiger partial charge < -0.3 is 9.84 Å². The molecule has 4 nitrogen and oxygen atoms in total. The first-order chi connectivity index (χ1) is 6.55. The number of halogens is 1. The zero-order chi connectivity index (χ0) is 10.3. The quantitative estimate of drug-likeness (QED) is 0.825. The highest BCUT2D eigenvalue weighted by atomic mass is 79.9. The number of aliphatic hydroxyl groups is 1. The smallest absolute Gasteiger partial charge is 0.135 e. The van der Waals surface area contributed by atoms with Gasteiger partial charge in [0.2, 0.25) is 0 Å². The number of nitrogens with zero attached hydrogens (tertiary/aromatic N) is 2. The number of aromatic nitrogens is 2. The molecular weight excluding hydrogens is 248 g/mol. The van der Waals surface area contributed by atoms with Gasteiger partial charge in [0.05, 0.1) is 29.1 Å². The molecule has 78 valence electrons. The van der Waals surface area contributed by atoms with Gasteiger partial charge in [-0.2, -0.15) is 5.10 Å². The minimum absolute atomic E-state index is 0.186. The number of hydrogen-bond donors (Lipinski definition) is 1. The standard InChI is InChI=1S/C9H13BrN2O2/c1-6-9(13,3-4-14-6)8-7(10)5-11-12(8)2/h5-6,13H,3-4H2,1-2H3. The first kappa shape index (κ1) is 10.1. The van der Waals surface area contributed by atoms with Gasteiger partial charge in [-0.25, -0.2) is 0 Å². The van der Waals surface area contributed by atoms with Gasteiger partial charge in [0.15, 0.2) is 0 Å². The van der Waals surface area contributed by atoms with Crippen LogP contribution in [0.15, 0.2) is 10.7 Å². The van der Waals surface area contributed by atoms with E-state index in [9.17, 15) is 5.11 Å². The van der Waals surface area contributed by atoms with Crippen molar-refractivity contribution in [2.45, 2.75) is 25.0 Å². The molecule has 2 unspecified atom stereocenters. The molecule has 1 aliphatic heterocycles. The van der Waals surface area contributed by atoms with Crippen molar-refractivity contribution >= 4 is 15.9 Å². The van der Waals surface area contributed by atoms with E-state index in [0.717, 1.165) is 10.2 Å². The lowest BCUT2D eigenvalue weighted by Gasteiger charge is -2.26. The predicted molar refractivity (Wildman–Crippen MR) is 54.8 cm³/mol. The lowest BCUT2D eigenvalue weighted by atomic mass is 9.93. The molecule has 0 amide bonds. The van der Waals surface area contributed by atoms with E-state index in [1.54, 1.807) is 10.9 Å². The Morgan fingerprint density at radius 1 is 1.79 bits per heavy atom. The molecule has 1 fully saturated rings. The van der Waals surface area contributed by atoms with Gasteiger partial charge in [-0.05, 0) is 22.9 Å². The Bertz CT molecular complexity index is 333. The molecule has 1 aromatic rings. The molecule has 0 aliphatic carbocycles. The maximum Gasteiger partial charge on any atom is 0.135 e. The van der Waals surface area contributed by atoms with Crippen LogP contribution >= 0.6 is 15.9 Å². The molecule has 0 bridgehead atoms. The fraction of sp³-hybridized carbons (Fsp3) is 0.667. The second-order valence-electron chi connectivity index (χ2n) is 3.65. The summed E-state index contributed by atoms with van der Waals surface area (Å²) in [6.07, 6.45) is 2.12. The fourth-order valence-electron chi connectivity index (χ4n) is 1.94. The predicted octanol–water partition coefficient (Wildman–Crippen LogP) is 1.18. The van der Waals surface area contributed by atoms with Crippen LogP contribution in [0.1, 0.15) is 19.0 Å². The van der Waals surface area contributed by atoms with Crippen LogP contribution in [0.4, 0.5) is 0 Å². The fourth-order valence-corrected chi connectivity index (χ4v) is 2.63. The summed E-state index contributed by atoms with van der Waals surface area (Å²) in [5, 5.41) is 14.6. The van der Waals surface area contributed by atoms with E-state index in [2.05, 4.69) is 21.0 Å². The van der Waals surface area contributed by atoms with Crippen LogP contribution in [0.25, 0.3) is 0 Å². The van der Waals surface area contributed by atoms with E-state index in [1.807, 2.05) is 14.0 Å². The number of rotatable bonds is 1. The molecule has 0 spiro atoms. The molecule has 2 heterocycles. The van der Waals surface area contributed by atoms with Crippen LogP contribution < -0.4 is 0 Å². The van der Waals surface area contributed by atoms with Crippen LogP contribution in [0.5, 0.6) is 0 Å². The molecule has 0 radical (unpaired) electrons. The molecule has 1 aliphatic rings. The number of hydrogen-bond acceptors (Lipinski definition) is 3. The third-order valence-corrected chi connectivity index (χ3v) is 3.41. The Morgan fingerprint density at radius 2 is 2.50 bits per heavy atom. The van der Waals surface area contributed by atoms with E-state index in [-0.39, 0.29) is 6.10 Å². The topological polar surface area (TPSA) is 47.3 Å². The van der Waals surface area contributed by atoms with Crippen molar-refractivity contribution in [2.75, 3.05) is 6.61 Å². The van der Waals surface area contributed by atoms with Crippen molar-refractivity contribution in [1.29, 1.82) is 0 Å². The molecule has 1 saturated heterocycles. The van der Waals surface area contributed by atoms with Gasteiger partial charge in [-0.1, -0.05) is 0 Å². The number of aryl methyl sites for hydroxylation is 1. The lowest BCUT2D eigenvalue weighted by molar-refractivity contribution is -0.0376. The Balaban J connectivity index is 2.47. The molecule has 2 atom stereocenters. The molecule has 5 heteroatoms. The summed E-state index contributed by atoms with van der Waals surface area (Å²) in [7, 11) is 1.82. The second kappa shape index (κ2) is 3.32. The van der Waals surface area contributed by atoms with Gasteiger partial charge in [0.1, 0.15) is 5.60 Å². The highest BCUT2D eigenvalue weighted by molar-refractivity contribution is 9.10. The van der Waals surface area contributed by atoms with E-state index >= 15 is 0 Å². The summed E-state index contributed by atoms with van der Waals surface area (Å²) in [5.74, 6) is 0. The molecule has 0 saturated carbocycles. The van der Waals surface area contributed by atoms with Crippen molar-refractivity contribution < 1.29 is 9.84 Å². The summed E-state index contributed by atoms with van der Waals surface area (Å²) >= 11 is 3.39. The zero-order valence-electron chi connectivity index (χ0n) is 8.20. The van der Waals surface area contributed by atoms with E-state index < -0.39 is 5.60 Å². The Labute approximate surface area is 91.0 Å². The van der Waals surface area contributed by atoms with Gasteiger partial charge in [-0.3, -0.25) is 4.68 Å². The van der Waals surface area contributed by atoms with Gasteiger partial charge in [-0.15, -0.1) is 0 Å². The minimum atomic E-state index is -0.913. The molecule has 0 aromatic carbocycles. The second-order valence-corrected chi connectivity index (χ2v) is 4.51. The maximum atomic E-state index is 10.5. The molecule has 2 rings (SSSR count). The summed E-state index contributed by atoms with van der Waals surface area (Å²) in [6, 6.07) is 0. The average Bonchev–Trinajstić information content (AvgIpc) is 2.60. The highest BCUT2D eigenvalue weighted by Gasteiger charge is 2.44. The van der Waals surface area contributed by atoms with Crippen LogP contribution in [-0.2, 0) is 17.4 Å². The molecule has 14 heavy (non-hydrogen) atoms. The monoisotopic (exact) mass is 260 g/mol. The third-order valence-electron chi connectivity index (χ3n) is 2.83. The third kappa shape index (κ3) is 1.31. The van der Waals surface area contributed by atoms with Crippen LogP contribution in [0.2, 0.25) is 0 Å².